The Bertz CT molecular complexity index is 514. The monoisotopic (exact) mass is 258 g/mol. The number of sulfonamides is 1. The zero-order valence-electron chi connectivity index (χ0n) is 9.14. The van der Waals surface area contributed by atoms with Crippen molar-refractivity contribution in [1.29, 1.82) is 0 Å². The van der Waals surface area contributed by atoms with Crippen molar-refractivity contribution >= 4 is 16.0 Å². The number of carbonyl (C=O) groups is 1. The van der Waals surface area contributed by atoms with E-state index in [-0.39, 0.29) is 16.6 Å². The van der Waals surface area contributed by atoms with Crippen molar-refractivity contribution < 1.29 is 18.3 Å². The summed E-state index contributed by atoms with van der Waals surface area (Å²) in [6, 6.07) is 1.10. The van der Waals surface area contributed by atoms with Gasteiger partial charge in [0.05, 0.1) is 0 Å². The number of carboxylic acids is 1. The van der Waals surface area contributed by atoms with Crippen LogP contribution in [0.3, 0.4) is 0 Å². The molecule has 0 amide bonds. The zero-order valence-corrected chi connectivity index (χ0v) is 9.96. The van der Waals surface area contributed by atoms with Crippen LogP contribution in [0.1, 0.15) is 36.2 Å². The predicted octanol–water partition coefficient (Wildman–Crippen LogP) is 0.934. The van der Waals surface area contributed by atoms with Gasteiger partial charge in [-0.25, -0.2) is 17.9 Å². The fourth-order valence-electron chi connectivity index (χ4n) is 1.98. The van der Waals surface area contributed by atoms with Crippen molar-refractivity contribution in [3.63, 3.8) is 0 Å². The van der Waals surface area contributed by atoms with Crippen molar-refractivity contribution in [2.45, 2.75) is 36.6 Å². The summed E-state index contributed by atoms with van der Waals surface area (Å²) in [6.07, 6.45) is 4.94. The maximum atomic E-state index is 11.9. The van der Waals surface area contributed by atoms with Crippen molar-refractivity contribution in [1.82, 2.24) is 9.71 Å². The lowest BCUT2D eigenvalue weighted by atomic mass is 10.3. The molecule has 17 heavy (non-hydrogen) atoms. The molecule has 7 heteroatoms. The van der Waals surface area contributed by atoms with Gasteiger partial charge in [-0.15, -0.1) is 0 Å². The Morgan fingerprint density at radius 2 is 2.06 bits per heavy atom. The highest BCUT2D eigenvalue weighted by atomic mass is 32.2. The van der Waals surface area contributed by atoms with Crippen molar-refractivity contribution in [3.8, 4) is 0 Å². The predicted molar refractivity (Wildman–Crippen MR) is 60.3 cm³/mol. The number of nitrogens with one attached hydrogen (secondary N) is 2. The molecule has 0 aliphatic heterocycles. The number of aromatic amines is 1. The van der Waals surface area contributed by atoms with Crippen molar-refractivity contribution in [3.05, 3.63) is 18.0 Å². The van der Waals surface area contributed by atoms with Gasteiger partial charge in [-0.3, -0.25) is 0 Å². The van der Waals surface area contributed by atoms with Crippen LogP contribution in [0.5, 0.6) is 0 Å². The number of hydrogen-bond acceptors (Lipinski definition) is 3. The fraction of sp³-hybridized carbons (Fsp3) is 0.500. The minimum atomic E-state index is -3.60. The SMILES string of the molecule is O=C(O)c1cc(S(=O)(=O)NC2CCCC2)c[nH]1. The lowest BCUT2D eigenvalue weighted by Crippen LogP contribution is -2.32. The van der Waals surface area contributed by atoms with Crippen LogP contribution in [-0.2, 0) is 10.0 Å². The molecule has 0 bridgehead atoms. The van der Waals surface area contributed by atoms with E-state index in [1.54, 1.807) is 0 Å². The van der Waals surface area contributed by atoms with Gasteiger partial charge in [0, 0.05) is 12.2 Å². The van der Waals surface area contributed by atoms with Crippen LogP contribution in [0.25, 0.3) is 0 Å². The number of aromatic nitrogens is 1. The molecular formula is C10H14N2O4S. The van der Waals surface area contributed by atoms with Gasteiger partial charge in [0.25, 0.3) is 0 Å². The van der Waals surface area contributed by atoms with E-state index in [9.17, 15) is 13.2 Å². The molecule has 2 rings (SSSR count). The topological polar surface area (TPSA) is 99.3 Å². The summed E-state index contributed by atoms with van der Waals surface area (Å²) in [6.45, 7) is 0. The second-order valence-corrected chi connectivity index (χ2v) is 5.87. The normalized spacial score (nSPS) is 17.4. The number of rotatable bonds is 4. The lowest BCUT2D eigenvalue weighted by molar-refractivity contribution is 0.0691. The standard InChI is InChI=1S/C10H14N2O4S/c13-10(14)9-5-8(6-11-9)17(15,16)12-7-3-1-2-4-7/h5-7,11-12H,1-4H2,(H,13,14). The van der Waals surface area contributed by atoms with E-state index in [1.165, 1.54) is 6.20 Å². The third kappa shape index (κ3) is 2.67. The van der Waals surface area contributed by atoms with Gasteiger partial charge in [-0.1, -0.05) is 12.8 Å². The van der Waals surface area contributed by atoms with E-state index in [0.717, 1.165) is 31.7 Å². The molecule has 6 nitrogen and oxygen atoms in total. The molecule has 0 saturated heterocycles. The molecular weight excluding hydrogens is 244 g/mol. The summed E-state index contributed by atoms with van der Waals surface area (Å²) in [7, 11) is -3.60. The van der Waals surface area contributed by atoms with E-state index < -0.39 is 16.0 Å². The zero-order chi connectivity index (χ0) is 12.5. The molecule has 0 atom stereocenters. The highest BCUT2D eigenvalue weighted by Gasteiger charge is 2.24. The Morgan fingerprint density at radius 1 is 1.41 bits per heavy atom. The molecule has 1 fully saturated rings. The average molecular weight is 258 g/mol. The Kier molecular flexibility index (Phi) is 3.21. The third-order valence-corrected chi connectivity index (χ3v) is 4.37. The van der Waals surface area contributed by atoms with E-state index in [0.29, 0.717) is 0 Å². The number of aromatic carboxylic acids is 1. The van der Waals surface area contributed by atoms with Gasteiger partial charge in [0.2, 0.25) is 10.0 Å². The molecule has 1 aliphatic carbocycles. The summed E-state index contributed by atoms with van der Waals surface area (Å²) in [5.41, 5.74) is -0.128. The van der Waals surface area contributed by atoms with E-state index in [4.69, 9.17) is 5.11 Å². The molecule has 3 N–H and O–H groups in total. The van der Waals surface area contributed by atoms with Crippen LogP contribution in [0.15, 0.2) is 17.2 Å². The summed E-state index contributed by atoms with van der Waals surface area (Å²) >= 11 is 0. The second-order valence-electron chi connectivity index (χ2n) is 4.16. The molecule has 1 aromatic rings. The second kappa shape index (κ2) is 4.50. The summed E-state index contributed by atoms with van der Waals surface area (Å²) in [5, 5.41) is 8.70. The number of H-pyrrole nitrogens is 1. The van der Waals surface area contributed by atoms with Gasteiger partial charge in [-0.05, 0) is 18.9 Å². The first-order valence-corrected chi connectivity index (χ1v) is 6.91. The van der Waals surface area contributed by atoms with Crippen LogP contribution >= 0.6 is 0 Å². The van der Waals surface area contributed by atoms with Gasteiger partial charge in [-0.2, -0.15) is 0 Å². The largest absolute Gasteiger partial charge is 0.477 e. The molecule has 1 heterocycles. The third-order valence-electron chi connectivity index (χ3n) is 2.87. The molecule has 0 spiro atoms. The highest BCUT2D eigenvalue weighted by Crippen LogP contribution is 2.20. The molecule has 1 aromatic heterocycles. The molecule has 94 valence electrons. The van der Waals surface area contributed by atoms with Crippen LogP contribution in [0.2, 0.25) is 0 Å². The van der Waals surface area contributed by atoms with Gasteiger partial charge >= 0.3 is 5.97 Å². The van der Waals surface area contributed by atoms with Crippen LogP contribution in [0.4, 0.5) is 0 Å². The van der Waals surface area contributed by atoms with E-state index in [2.05, 4.69) is 9.71 Å². The van der Waals surface area contributed by atoms with E-state index in [1.807, 2.05) is 0 Å². The first-order chi connectivity index (χ1) is 7.99. The quantitative estimate of drug-likeness (QED) is 0.748. The smallest absolute Gasteiger partial charge is 0.352 e. The van der Waals surface area contributed by atoms with Crippen molar-refractivity contribution in [2.75, 3.05) is 0 Å². The average Bonchev–Trinajstić information content (AvgIpc) is 2.84. The fourth-order valence-corrected chi connectivity index (χ4v) is 3.28. The Balaban J connectivity index is 2.15. The molecule has 0 unspecified atom stereocenters. The van der Waals surface area contributed by atoms with Crippen LogP contribution in [-0.4, -0.2) is 30.5 Å². The van der Waals surface area contributed by atoms with Crippen LogP contribution in [0, 0.1) is 0 Å². The minimum absolute atomic E-state index is 0.0248. The molecule has 0 radical (unpaired) electrons. The minimum Gasteiger partial charge on any atom is -0.477 e. The first-order valence-electron chi connectivity index (χ1n) is 5.43. The molecule has 0 aromatic carbocycles. The summed E-state index contributed by atoms with van der Waals surface area (Å²) in [5.74, 6) is -1.17. The number of hydrogen-bond donors (Lipinski definition) is 3. The summed E-state index contributed by atoms with van der Waals surface area (Å²) < 4.78 is 26.4. The van der Waals surface area contributed by atoms with Gasteiger partial charge in [0.15, 0.2) is 0 Å². The highest BCUT2D eigenvalue weighted by molar-refractivity contribution is 7.89. The Hall–Kier alpha value is -1.34. The van der Waals surface area contributed by atoms with Gasteiger partial charge in [0.1, 0.15) is 10.6 Å². The first kappa shape index (κ1) is 12.1. The van der Waals surface area contributed by atoms with Crippen LogP contribution < -0.4 is 4.72 Å². The Morgan fingerprint density at radius 3 is 2.59 bits per heavy atom. The number of carboxylic acid groups (broad SMARTS) is 1. The molecule has 1 saturated carbocycles. The maximum Gasteiger partial charge on any atom is 0.352 e. The molecule has 1 aliphatic rings. The van der Waals surface area contributed by atoms with Crippen molar-refractivity contribution in [2.24, 2.45) is 0 Å². The van der Waals surface area contributed by atoms with E-state index >= 15 is 0 Å². The lowest BCUT2D eigenvalue weighted by Gasteiger charge is -2.10. The Labute approximate surface area is 99.1 Å². The van der Waals surface area contributed by atoms with Gasteiger partial charge < -0.3 is 10.1 Å². The maximum absolute atomic E-state index is 11.9. The summed E-state index contributed by atoms with van der Waals surface area (Å²) in [4.78, 5) is 13.0.